The third-order valence-electron chi connectivity index (χ3n) is 4.86. The van der Waals surface area contributed by atoms with Crippen LogP contribution in [0.2, 0.25) is 0 Å². The first-order valence-corrected chi connectivity index (χ1v) is 9.95. The van der Waals surface area contributed by atoms with E-state index < -0.39 is 0 Å². The van der Waals surface area contributed by atoms with Gasteiger partial charge >= 0.3 is 0 Å². The summed E-state index contributed by atoms with van der Waals surface area (Å²) in [6.45, 7) is 6.44. The van der Waals surface area contributed by atoms with E-state index in [0.29, 0.717) is 0 Å². The SMILES string of the molecule is CCCN(CCC)c1ccc(/C=C(\C#N)C(=O)NC2CCCCC2)cc1. The maximum absolute atomic E-state index is 12.4. The first-order chi connectivity index (χ1) is 12.7. The highest BCUT2D eigenvalue weighted by Gasteiger charge is 2.18. The molecule has 0 aliphatic heterocycles. The van der Waals surface area contributed by atoms with Crippen LogP contribution in [-0.4, -0.2) is 25.0 Å². The van der Waals surface area contributed by atoms with Gasteiger partial charge in [-0.25, -0.2) is 0 Å². The van der Waals surface area contributed by atoms with Crippen molar-refractivity contribution in [1.29, 1.82) is 5.26 Å². The second-order valence-electron chi connectivity index (χ2n) is 7.06. The molecule has 2 rings (SSSR count). The number of carbonyl (C=O) groups excluding carboxylic acids is 1. The number of hydrogen-bond acceptors (Lipinski definition) is 3. The van der Waals surface area contributed by atoms with Crippen molar-refractivity contribution in [3.63, 3.8) is 0 Å². The summed E-state index contributed by atoms with van der Waals surface area (Å²) in [6, 6.07) is 10.4. The Hall–Kier alpha value is -2.28. The Labute approximate surface area is 157 Å². The molecule has 0 unspecified atom stereocenters. The Morgan fingerprint density at radius 3 is 2.31 bits per heavy atom. The number of anilines is 1. The molecule has 4 nitrogen and oxygen atoms in total. The van der Waals surface area contributed by atoms with E-state index in [4.69, 9.17) is 0 Å². The lowest BCUT2D eigenvalue weighted by Crippen LogP contribution is -2.36. The molecule has 26 heavy (non-hydrogen) atoms. The van der Waals surface area contributed by atoms with Crippen molar-refractivity contribution < 1.29 is 4.79 Å². The van der Waals surface area contributed by atoms with E-state index in [1.165, 1.54) is 12.1 Å². The summed E-state index contributed by atoms with van der Waals surface area (Å²) in [6.07, 6.45) is 9.50. The lowest BCUT2D eigenvalue weighted by molar-refractivity contribution is -0.117. The lowest BCUT2D eigenvalue weighted by atomic mass is 9.95. The van der Waals surface area contributed by atoms with Gasteiger partial charge in [0.25, 0.3) is 5.91 Å². The van der Waals surface area contributed by atoms with Gasteiger partial charge in [0.15, 0.2) is 0 Å². The highest BCUT2D eigenvalue weighted by atomic mass is 16.1. The van der Waals surface area contributed by atoms with Crippen LogP contribution in [0.1, 0.15) is 64.4 Å². The predicted octanol–water partition coefficient (Wildman–Crippen LogP) is 4.67. The third-order valence-corrected chi connectivity index (χ3v) is 4.86. The molecule has 0 bridgehead atoms. The van der Waals surface area contributed by atoms with E-state index in [2.05, 4.69) is 42.3 Å². The zero-order valence-electron chi connectivity index (χ0n) is 16.1. The van der Waals surface area contributed by atoms with Crippen molar-refractivity contribution in [1.82, 2.24) is 5.32 Å². The van der Waals surface area contributed by atoms with E-state index in [-0.39, 0.29) is 17.5 Å². The minimum Gasteiger partial charge on any atom is -0.372 e. The topological polar surface area (TPSA) is 56.1 Å². The van der Waals surface area contributed by atoms with Crippen LogP contribution in [0.3, 0.4) is 0 Å². The lowest BCUT2D eigenvalue weighted by Gasteiger charge is -2.24. The minimum atomic E-state index is -0.248. The summed E-state index contributed by atoms with van der Waals surface area (Å²) in [5, 5.41) is 12.4. The van der Waals surface area contributed by atoms with Crippen LogP contribution < -0.4 is 10.2 Å². The number of nitrogens with zero attached hydrogens (tertiary/aromatic N) is 2. The van der Waals surface area contributed by atoms with Gasteiger partial charge in [-0.2, -0.15) is 5.26 Å². The van der Waals surface area contributed by atoms with Gasteiger partial charge in [-0.1, -0.05) is 45.2 Å². The van der Waals surface area contributed by atoms with Crippen molar-refractivity contribution >= 4 is 17.7 Å². The number of amides is 1. The molecule has 0 saturated heterocycles. The van der Waals surface area contributed by atoms with Crippen LogP contribution in [0.4, 0.5) is 5.69 Å². The van der Waals surface area contributed by atoms with Gasteiger partial charge < -0.3 is 10.2 Å². The van der Waals surface area contributed by atoms with E-state index in [1.807, 2.05) is 12.1 Å². The Morgan fingerprint density at radius 2 is 1.77 bits per heavy atom. The van der Waals surface area contributed by atoms with Crippen molar-refractivity contribution in [2.75, 3.05) is 18.0 Å². The minimum absolute atomic E-state index is 0.183. The summed E-state index contributed by atoms with van der Waals surface area (Å²) in [7, 11) is 0. The molecule has 1 aromatic carbocycles. The maximum Gasteiger partial charge on any atom is 0.262 e. The molecule has 1 fully saturated rings. The molecule has 1 N–H and O–H groups in total. The molecule has 4 heteroatoms. The Balaban J connectivity index is 2.05. The van der Waals surface area contributed by atoms with Crippen LogP contribution in [0.5, 0.6) is 0 Å². The molecule has 1 saturated carbocycles. The Bertz CT molecular complexity index is 630. The van der Waals surface area contributed by atoms with Gasteiger partial charge in [-0.05, 0) is 49.5 Å². The molecule has 0 aromatic heterocycles. The number of rotatable bonds is 8. The number of benzene rings is 1. The van der Waals surface area contributed by atoms with Gasteiger partial charge in [0.1, 0.15) is 11.6 Å². The fourth-order valence-corrected chi connectivity index (χ4v) is 3.52. The average Bonchev–Trinajstić information content (AvgIpc) is 2.67. The molecular weight excluding hydrogens is 322 g/mol. The first-order valence-electron chi connectivity index (χ1n) is 9.95. The van der Waals surface area contributed by atoms with Crippen LogP contribution in [0.25, 0.3) is 6.08 Å². The number of nitriles is 1. The molecule has 0 radical (unpaired) electrons. The fourth-order valence-electron chi connectivity index (χ4n) is 3.52. The zero-order chi connectivity index (χ0) is 18.8. The number of hydrogen-bond donors (Lipinski definition) is 1. The van der Waals surface area contributed by atoms with Crippen molar-refractivity contribution in [3.05, 3.63) is 35.4 Å². The smallest absolute Gasteiger partial charge is 0.262 e. The quantitative estimate of drug-likeness (QED) is 0.546. The van der Waals surface area contributed by atoms with Gasteiger partial charge in [-0.3, -0.25) is 4.79 Å². The second-order valence-corrected chi connectivity index (χ2v) is 7.06. The predicted molar refractivity (Wildman–Crippen MR) is 108 cm³/mol. The summed E-state index contributed by atoms with van der Waals surface area (Å²) >= 11 is 0. The molecule has 140 valence electrons. The standard InChI is InChI=1S/C22H31N3O/c1-3-14-25(15-4-2)21-12-10-18(11-13-21)16-19(17-23)22(26)24-20-8-6-5-7-9-20/h10-13,16,20H,3-9,14-15H2,1-2H3,(H,24,26)/b19-16+. The Kier molecular flexibility index (Phi) is 8.21. The molecule has 1 aliphatic carbocycles. The molecule has 0 atom stereocenters. The molecule has 1 aromatic rings. The van der Waals surface area contributed by atoms with Crippen molar-refractivity contribution in [2.45, 2.75) is 64.8 Å². The van der Waals surface area contributed by atoms with E-state index in [1.54, 1.807) is 6.08 Å². The molecular formula is C22H31N3O. The van der Waals surface area contributed by atoms with E-state index in [0.717, 1.165) is 57.2 Å². The normalized spacial score (nSPS) is 15.3. The van der Waals surface area contributed by atoms with E-state index in [9.17, 15) is 10.1 Å². The molecule has 1 amide bonds. The van der Waals surface area contributed by atoms with Crippen molar-refractivity contribution in [2.24, 2.45) is 0 Å². The third kappa shape index (κ3) is 5.91. The Morgan fingerprint density at radius 1 is 1.15 bits per heavy atom. The van der Waals surface area contributed by atoms with Crippen LogP contribution in [0.15, 0.2) is 29.8 Å². The fraction of sp³-hybridized carbons (Fsp3) is 0.545. The largest absolute Gasteiger partial charge is 0.372 e. The highest BCUT2D eigenvalue weighted by Crippen LogP contribution is 2.19. The molecule has 0 spiro atoms. The summed E-state index contributed by atoms with van der Waals surface area (Å²) in [5.74, 6) is -0.248. The monoisotopic (exact) mass is 353 g/mol. The average molecular weight is 354 g/mol. The molecule has 1 aliphatic rings. The van der Waals surface area contributed by atoms with E-state index >= 15 is 0 Å². The van der Waals surface area contributed by atoms with Gasteiger partial charge in [-0.15, -0.1) is 0 Å². The number of carbonyl (C=O) groups is 1. The van der Waals surface area contributed by atoms with Gasteiger partial charge in [0.2, 0.25) is 0 Å². The maximum atomic E-state index is 12.4. The number of nitrogens with one attached hydrogen (secondary N) is 1. The summed E-state index contributed by atoms with van der Waals surface area (Å²) in [5.41, 5.74) is 2.26. The van der Waals surface area contributed by atoms with Crippen molar-refractivity contribution in [3.8, 4) is 6.07 Å². The van der Waals surface area contributed by atoms with Gasteiger partial charge in [0, 0.05) is 24.8 Å². The zero-order valence-corrected chi connectivity index (χ0v) is 16.1. The van der Waals surface area contributed by atoms with Gasteiger partial charge in [0.05, 0.1) is 0 Å². The molecule has 0 heterocycles. The summed E-state index contributed by atoms with van der Waals surface area (Å²) < 4.78 is 0. The summed E-state index contributed by atoms with van der Waals surface area (Å²) in [4.78, 5) is 14.8. The van der Waals surface area contributed by atoms with Crippen LogP contribution >= 0.6 is 0 Å². The first kappa shape index (κ1) is 20.0. The second kappa shape index (κ2) is 10.7. The highest BCUT2D eigenvalue weighted by molar-refractivity contribution is 6.01. The van der Waals surface area contributed by atoms with Crippen LogP contribution in [-0.2, 0) is 4.79 Å². The van der Waals surface area contributed by atoms with Crippen LogP contribution in [0, 0.1) is 11.3 Å².